The van der Waals surface area contributed by atoms with E-state index >= 15 is 0 Å². The molecule has 1 saturated heterocycles. The molecule has 5 heteroatoms. The Labute approximate surface area is 106 Å². The molecule has 0 aromatic carbocycles. The van der Waals surface area contributed by atoms with Crippen LogP contribution in [0.4, 0.5) is 0 Å². The minimum absolute atomic E-state index is 0.0415. The van der Waals surface area contributed by atoms with E-state index in [1.165, 1.54) is 13.3 Å². The average Bonchev–Trinajstić information content (AvgIpc) is 2.33. The SMILES string of the molecule is COC(=O)c1cncc(OCC2CC(C)(C)O2)c1. The number of hydrogen-bond acceptors (Lipinski definition) is 5. The van der Waals surface area contributed by atoms with Crippen molar-refractivity contribution >= 4 is 5.97 Å². The highest BCUT2D eigenvalue weighted by Crippen LogP contribution is 2.31. The van der Waals surface area contributed by atoms with Crippen LogP contribution < -0.4 is 4.74 Å². The Morgan fingerprint density at radius 1 is 1.56 bits per heavy atom. The highest BCUT2D eigenvalue weighted by Gasteiger charge is 2.37. The molecule has 0 bridgehead atoms. The van der Waals surface area contributed by atoms with Gasteiger partial charge in [0.1, 0.15) is 12.4 Å². The van der Waals surface area contributed by atoms with Gasteiger partial charge >= 0.3 is 5.97 Å². The summed E-state index contributed by atoms with van der Waals surface area (Å²) in [7, 11) is 1.33. The topological polar surface area (TPSA) is 57.7 Å². The lowest BCUT2D eigenvalue weighted by Gasteiger charge is -2.42. The van der Waals surface area contributed by atoms with Gasteiger partial charge in [0.15, 0.2) is 0 Å². The van der Waals surface area contributed by atoms with Gasteiger partial charge in [0.05, 0.1) is 30.6 Å². The Morgan fingerprint density at radius 2 is 2.28 bits per heavy atom. The van der Waals surface area contributed by atoms with Crippen LogP contribution in [-0.4, -0.2) is 36.4 Å². The molecule has 1 fully saturated rings. The minimum Gasteiger partial charge on any atom is -0.489 e. The van der Waals surface area contributed by atoms with Gasteiger partial charge in [-0.25, -0.2) is 4.79 Å². The largest absolute Gasteiger partial charge is 0.489 e. The normalized spacial score (nSPS) is 20.9. The highest BCUT2D eigenvalue weighted by atomic mass is 16.6. The van der Waals surface area contributed by atoms with Crippen molar-refractivity contribution in [3.05, 3.63) is 24.0 Å². The lowest BCUT2D eigenvalue weighted by atomic mass is 9.94. The van der Waals surface area contributed by atoms with Crippen molar-refractivity contribution in [3.8, 4) is 5.75 Å². The molecule has 0 spiro atoms. The molecule has 2 heterocycles. The second-order valence-corrected chi connectivity index (χ2v) is 4.92. The standard InChI is InChI=1S/C13H17NO4/c1-13(2)5-11(18-13)8-17-10-4-9(6-14-7-10)12(15)16-3/h4,6-7,11H,5,8H2,1-3H3. The van der Waals surface area contributed by atoms with Gasteiger partial charge in [-0.3, -0.25) is 4.98 Å². The number of hydrogen-bond donors (Lipinski definition) is 0. The fraction of sp³-hybridized carbons (Fsp3) is 0.538. The predicted octanol–water partition coefficient (Wildman–Crippen LogP) is 1.81. The van der Waals surface area contributed by atoms with Crippen molar-refractivity contribution in [2.24, 2.45) is 0 Å². The maximum Gasteiger partial charge on any atom is 0.339 e. The van der Waals surface area contributed by atoms with Crippen molar-refractivity contribution in [1.29, 1.82) is 0 Å². The molecule has 18 heavy (non-hydrogen) atoms. The Hall–Kier alpha value is -1.62. The maximum absolute atomic E-state index is 11.3. The lowest BCUT2D eigenvalue weighted by molar-refractivity contribution is -0.194. The molecule has 5 nitrogen and oxygen atoms in total. The van der Waals surface area contributed by atoms with E-state index in [-0.39, 0.29) is 11.7 Å². The van der Waals surface area contributed by atoms with Crippen molar-refractivity contribution in [3.63, 3.8) is 0 Å². The first-order valence-electron chi connectivity index (χ1n) is 5.84. The van der Waals surface area contributed by atoms with E-state index in [1.807, 2.05) is 13.8 Å². The lowest BCUT2D eigenvalue weighted by Crippen LogP contribution is -2.48. The van der Waals surface area contributed by atoms with Crippen LogP contribution in [0.1, 0.15) is 30.6 Å². The van der Waals surface area contributed by atoms with Crippen LogP contribution in [0, 0.1) is 0 Å². The summed E-state index contributed by atoms with van der Waals surface area (Å²) in [5, 5.41) is 0. The molecule has 1 aliphatic heterocycles. The zero-order valence-corrected chi connectivity index (χ0v) is 10.8. The molecule has 0 saturated carbocycles. The molecule has 0 aliphatic carbocycles. The first-order valence-corrected chi connectivity index (χ1v) is 5.84. The van der Waals surface area contributed by atoms with Crippen LogP contribution >= 0.6 is 0 Å². The average molecular weight is 251 g/mol. The second-order valence-electron chi connectivity index (χ2n) is 4.92. The van der Waals surface area contributed by atoms with Gasteiger partial charge in [0.25, 0.3) is 0 Å². The van der Waals surface area contributed by atoms with Crippen LogP contribution in [-0.2, 0) is 9.47 Å². The monoisotopic (exact) mass is 251 g/mol. The second kappa shape index (κ2) is 4.94. The van der Waals surface area contributed by atoms with Gasteiger partial charge in [-0.05, 0) is 19.9 Å². The molecule has 1 aromatic heterocycles. The first-order chi connectivity index (χ1) is 8.50. The van der Waals surface area contributed by atoms with Gasteiger partial charge in [0.2, 0.25) is 0 Å². The van der Waals surface area contributed by atoms with E-state index in [0.717, 1.165) is 6.42 Å². The van der Waals surface area contributed by atoms with E-state index in [0.29, 0.717) is 17.9 Å². The minimum atomic E-state index is -0.422. The van der Waals surface area contributed by atoms with Crippen molar-refractivity contribution in [2.75, 3.05) is 13.7 Å². The zero-order valence-electron chi connectivity index (χ0n) is 10.8. The van der Waals surface area contributed by atoms with Crippen LogP contribution in [0.5, 0.6) is 5.75 Å². The molecule has 0 N–H and O–H groups in total. The van der Waals surface area contributed by atoms with E-state index in [1.54, 1.807) is 12.3 Å². The predicted molar refractivity (Wildman–Crippen MR) is 64.6 cm³/mol. The van der Waals surface area contributed by atoms with Gasteiger partial charge in [-0.2, -0.15) is 0 Å². The van der Waals surface area contributed by atoms with E-state index < -0.39 is 5.97 Å². The summed E-state index contributed by atoms with van der Waals surface area (Å²) < 4.78 is 15.8. The molecule has 0 amide bonds. The number of methoxy groups -OCH3 is 1. The zero-order chi connectivity index (χ0) is 13.2. The van der Waals surface area contributed by atoms with Crippen LogP contribution in [0.25, 0.3) is 0 Å². The van der Waals surface area contributed by atoms with Gasteiger partial charge < -0.3 is 14.2 Å². The molecule has 0 radical (unpaired) electrons. The third-order valence-electron chi connectivity index (χ3n) is 2.78. The van der Waals surface area contributed by atoms with Crippen molar-refractivity contribution in [1.82, 2.24) is 4.98 Å². The van der Waals surface area contributed by atoms with Crippen LogP contribution in [0.3, 0.4) is 0 Å². The third-order valence-corrected chi connectivity index (χ3v) is 2.78. The van der Waals surface area contributed by atoms with Crippen LogP contribution in [0.2, 0.25) is 0 Å². The summed E-state index contributed by atoms with van der Waals surface area (Å²) >= 11 is 0. The van der Waals surface area contributed by atoms with Crippen LogP contribution in [0.15, 0.2) is 18.5 Å². The molecule has 1 aliphatic rings. The smallest absolute Gasteiger partial charge is 0.339 e. The fourth-order valence-electron chi connectivity index (χ4n) is 2.00. The molecular formula is C13H17NO4. The van der Waals surface area contributed by atoms with Crippen molar-refractivity contribution in [2.45, 2.75) is 32.0 Å². The highest BCUT2D eigenvalue weighted by molar-refractivity contribution is 5.89. The number of pyridine rings is 1. The fourth-order valence-corrected chi connectivity index (χ4v) is 2.00. The molecule has 1 aromatic rings. The summed E-state index contributed by atoms with van der Waals surface area (Å²) in [6.07, 6.45) is 4.09. The number of nitrogens with zero attached hydrogens (tertiary/aromatic N) is 1. The molecule has 98 valence electrons. The number of aromatic nitrogens is 1. The van der Waals surface area contributed by atoms with Gasteiger partial charge in [-0.1, -0.05) is 0 Å². The number of esters is 1. The summed E-state index contributed by atoms with van der Waals surface area (Å²) in [5.74, 6) is 0.125. The first kappa shape index (κ1) is 12.8. The summed E-state index contributed by atoms with van der Waals surface area (Å²) in [6, 6.07) is 1.61. The van der Waals surface area contributed by atoms with Gasteiger partial charge in [0, 0.05) is 12.6 Å². The summed E-state index contributed by atoms with van der Waals surface area (Å²) in [5.41, 5.74) is 0.338. The molecular weight excluding hydrogens is 234 g/mol. The molecule has 1 atom stereocenters. The van der Waals surface area contributed by atoms with Crippen molar-refractivity contribution < 1.29 is 19.0 Å². The number of ether oxygens (including phenoxy) is 3. The third kappa shape index (κ3) is 2.98. The Kier molecular flexibility index (Phi) is 3.52. The maximum atomic E-state index is 11.3. The Morgan fingerprint density at radius 3 is 2.89 bits per heavy atom. The van der Waals surface area contributed by atoms with Gasteiger partial charge in [-0.15, -0.1) is 0 Å². The Balaban J connectivity index is 1.88. The van der Waals surface area contributed by atoms with E-state index in [9.17, 15) is 4.79 Å². The van der Waals surface area contributed by atoms with E-state index in [2.05, 4.69) is 9.72 Å². The number of rotatable bonds is 4. The number of carbonyl (C=O) groups excluding carboxylic acids is 1. The summed E-state index contributed by atoms with van der Waals surface area (Å²) in [4.78, 5) is 15.3. The summed E-state index contributed by atoms with van der Waals surface area (Å²) in [6.45, 7) is 4.56. The Bertz CT molecular complexity index is 436. The number of carbonyl (C=O) groups is 1. The van der Waals surface area contributed by atoms with E-state index in [4.69, 9.17) is 9.47 Å². The molecule has 2 rings (SSSR count). The molecule has 1 unspecified atom stereocenters. The quantitative estimate of drug-likeness (QED) is 0.764.